The van der Waals surface area contributed by atoms with E-state index < -0.39 is 0 Å². The first kappa shape index (κ1) is 32.5. The van der Waals surface area contributed by atoms with Gasteiger partial charge in [0.1, 0.15) is 0 Å². The van der Waals surface area contributed by atoms with Crippen LogP contribution in [-0.4, -0.2) is 30.0 Å². The zero-order valence-corrected chi connectivity index (χ0v) is 15.7. The summed E-state index contributed by atoms with van der Waals surface area (Å²) in [6.07, 6.45) is 11.9. The molecule has 4 heteroatoms. The minimum absolute atomic E-state index is 0. The van der Waals surface area contributed by atoms with Gasteiger partial charge in [-0.2, -0.15) is 6.42 Å². The van der Waals surface area contributed by atoms with Crippen molar-refractivity contribution in [3.05, 3.63) is 14.4 Å². The van der Waals surface area contributed by atoms with Gasteiger partial charge in [0.15, 0.2) is 0 Å². The minimum Gasteiger partial charge on any atom is -0.397 e. The molecule has 0 bridgehead atoms. The second kappa shape index (κ2) is 42.7. The third-order valence-corrected chi connectivity index (χ3v) is 2.20. The Labute approximate surface area is 143 Å². The molecule has 3 nitrogen and oxygen atoms in total. The van der Waals surface area contributed by atoms with Gasteiger partial charge in [-0.15, -0.1) is 0 Å². The molecule has 20 heavy (non-hydrogen) atoms. The molecule has 0 aromatic rings. The molecule has 0 amide bonds. The third-order valence-electron chi connectivity index (χ3n) is 2.20. The van der Waals surface area contributed by atoms with Crippen LogP contribution in [0.25, 0.3) is 0 Å². The van der Waals surface area contributed by atoms with Gasteiger partial charge in [0, 0.05) is 13.2 Å². The van der Waals surface area contributed by atoms with E-state index in [9.17, 15) is 0 Å². The summed E-state index contributed by atoms with van der Waals surface area (Å²) in [5.74, 6) is 0. The molecule has 4 N–H and O–H groups in total. The molecule has 0 saturated carbocycles. The maximum Gasteiger partial charge on any atom is 2.00 e. The third kappa shape index (κ3) is 62.5. The molecule has 0 saturated heterocycles. The summed E-state index contributed by atoms with van der Waals surface area (Å²) >= 11 is 0. The van der Waals surface area contributed by atoms with Crippen LogP contribution in [0.1, 0.15) is 71.6 Å². The van der Waals surface area contributed by atoms with E-state index in [4.69, 9.17) is 15.9 Å². The standard InChI is InChI=1S/C11H24N.2C2H6O.CH3.Ti/c1-2-3-4-5-6-7-8-9-10-11-12;2*1-2-3;;/h1-12H2;2*3H,2H2,1H3;1H3;/q-1;;;-1;+2. The molecular weight excluding hydrogens is 286 g/mol. The SMILES string of the molecule is CCO.CCO.[CH2-]CCCCCCCCCCN.[CH3-].[Ti+2]. The molecule has 0 spiro atoms. The largest absolute Gasteiger partial charge is 2.00 e. The fourth-order valence-electron chi connectivity index (χ4n) is 1.38. The second-order valence-corrected chi connectivity index (χ2v) is 4.10. The topological polar surface area (TPSA) is 66.5 Å². The smallest absolute Gasteiger partial charge is 0.397 e. The van der Waals surface area contributed by atoms with Crippen molar-refractivity contribution in [1.82, 2.24) is 0 Å². The summed E-state index contributed by atoms with van der Waals surface area (Å²) in [6, 6.07) is 0. The van der Waals surface area contributed by atoms with Gasteiger partial charge in [-0.3, -0.25) is 0 Å². The van der Waals surface area contributed by atoms with Crippen LogP contribution in [0.4, 0.5) is 0 Å². The van der Waals surface area contributed by atoms with Gasteiger partial charge in [0.25, 0.3) is 0 Å². The summed E-state index contributed by atoms with van der Waals surface area (Å²) in [5.41, 5.74) is 5.40. The van der Waals surface area contributed by atoms with E-state index in [2.05, 4.69) is 6.92 Å². The summed E-state index contributed by atoms with van der Waals surface area (Å²) in [4.78, 5) is 0. The van der Waals surface area contributed by atoms with Crippen LogP contribution >= 0.6 is 0 Å². The molecule has 0 aliphatic heterocycles. The fourth-order valence-corrected chi connectivity index (χ4v) is 1.38. The number of hydrogen-bond donors (Lipinski definition) is 3. The van der Waals surface area contributed by atoms with Gasteiger partial charge in [-0.1, -0.05) is 44.9 Å². The van der Waals surface area contributed by atoms with Crippen LogP contribution in [0.5, 0.6) is 0 Å². The Morgan fingerprint density at radius 1 is 0.750 bits per heavy atom. The minimum atomic E-state index is 0. The Balaban J connectivity index is -0.0000000805. The van der Waals surface area contributed by atoms with E-state index in [0.29, 0.717) is 0 Å². The van der Waals surface area contributed by atoms with Crippen molar-refractivity contribution < 1.29 is 31.9 Å². The van der Waals surface area contributed by atoms with E-state index in [1.54, 1.807) is 13.8 Å². The fraction of sp³-hybridized carbons (Fsp3) is 0.875. The van der Waals surface area contributed by atoms with Gasteiger partial charge in [-0.25, -0.2) is 0 Å². The van der Waals surface area contributed by atoms with Gasteiger partial charge < -0.3 is 30.3 Å². The molecule has 0 aliphatic carbocycles. The van der Waals surface area contributed by atoms with Gasteiger partial charge in [0.05, 0.1) is 0 Å². The Hall–Kier alpha value is 0.594. The predicted octanol–water partition coefficient (Wildman–Crippen LogP) is 3.74. The summed E-state index contributed by atoms with van der Waals surface area (Å²) in [6.45, 7) is 8.55. The Bertz CT molecular complexity index is 94.5. The average molecular weight is 325 g/mol. The van der Waals surface area contributed by atoms with E-state index in [1.165, 1.54) is 51.4 Å². The van der Waals surface area contributed by atoms with Gasteiger partial charge >= 0.3 is 21.7 Å². The molecule has 0 atom stereocenters. The summed E-state index contributed by atoms with van der Waals surface area (Å²) < 4.78 is 0. The first-order valence-electron chi connectivity index (χ1n) is 7.45. The van der Waals surface area contributed by atoms with Crippen molar-refractivity contribution in [2.75, 3.05) is 19.8 Å². The molecule has 0 unspecified atom stereocenters. The zero-order chi connectivity index (χ0) is 14.5. The monoisotopic (exact) mass is 325 g/mol. The summed E-state index contributed by atoms with van der Waals surface area (Å²) in [7, 11) is 0. The van der Waals surface area contributed by atoms with E-state index in [0.717, 1.165) is 13.0 Å². The van der Waals surface area contributed by atoms with E-state index in [1.807, 2.05) is 0 Å². The molecule has 0 rings (SSSR count). The van der Waals surface area contributed by atoms with Crippen LogP contribution in [0, 0.1) is 14.4 Å². The normalized spacial score (nSPS) is 8.10. The zero-order valence-electron chi connectivity index (χ0n) is 14.2. The van der Waals surface area contributed by atoms with Crippen molar-refractivity contribution in [2.45, 2.75) is 71.6 Å². The Morgan fingerprint density at radius 2 is 1.00 bits per heavy atom. The maximum absolute atomic E-state index is 7.57. The number of rotatable bonds is 9. The van der Waals surface area contributed by atoms with Gasteiger partial charge in [-0.05, 0) is 26.8 Å². The van der Waals surface area contributed by atoms with Crippen LogP contribution < -0.4 is 5.73 Å². The van der Waals surface area contributed by atoms with E-state index >= 15 is 0 Å². The van der Waals surface area contributed by atoms with Crippen molar-refractivity contribution in [3.63, 3.8) is 0 Å². The molecular formula is C16H39NO2Ti. The van der Waals surface area contributed by atoms with Crippen molar-refractivity contribution >= 4 is 0 Å². The Kier molecular flexibility index (Phi) is 69.4. The van der Waals surface area contributed by atoms with Crippen molar-refractivity contribution in [3.8, 4) is 0 Å². The van der Waals surface area contributed by atoms with Crippen molar-refractivity contribution in [1.29, 1.82) is 0 Å². The maximum atomic E-state index is 7.57. The average Bonchev–Trinajstić information content (AvgIpc) is 2.35. The van der Waals surface area contributed by atoms with Crippen LogP contribution in [-0.2, 0) is 21.7 Å². The number of nitrogens with two attached hydrogens (primary N) is 1. The van der Waals surface area contributed by atoms with Gasteiger partial charge in [0.2, 0.25) is 0 Å². The quantitative estimate of drug-likeness (QED) is 0.344. The molecule has 0 radical (unpaired) electrons. The molecule has 0 aromatic heterocycles. The molecule has 0 aromatic carbocycles. The number of aliphatic hydroxyl groups excluding tert-OH is 2. The second-order valence-electron chi connectivity index (χ2n) is 4.10. The predicted molar refractivity (Wildman–Crippen MR) is 87.9 cm³/mol. The number of aliphatic hydroxyl groups is 2. The summed E-state index contributed by atoms with van der Waals surface area (Å²) in [5, 5.41) is 15.1. The van der Waals surface area contributed by atoms with Crippen molar-refractivity contribution in [2.24, 2.45) is 5.73 Å². The molecule has 0 aliphatic rings. The molecule has 0 fully saturated rings. The molecule has 124 valence electrons. The van der Waals surface area contributed by atoms with E-state index in [-0.39, 0.29) is 42.4 Å². The van der Waals surface area contributed by atoms with Crippen LogP contribution in [0.3, 0.4) is 0 Å². The number of hydrogen-bond acceptors (Lipinski definition) is 3. The Morgan fingerprint density at radius 3 is 1.25 bits per heavy atom. The first-order valence-corrected chi connectivity index (χ1v) is 7.45. The first-order chi connectivity index (χ1) is 8.74. The number of unbranched alkanes of at least 4 members (excludes halogenated alkanes) is 8. The van der Waals surface area contributed by atoms with Crippen LogP contribution in [0.15, 0.2) is 0 Å². The molecule has 0 heterocycles. The van der Waals surface area contributed by atoms with Crippen LogP contribution in [0.2, 0.25) is 0 Å².